The second-order valence-corrected chi connectivity index (χ2v) is 9.60. The minimum absolute atomic E-state index is 0.0806. The SMILES string of the molecule is CCCc1c(Cc2ccc(-c3ccccc3C#N)cc2)c(=O)n(-c2ccc(OCC(C)O)cc2)c2ccnn12. The molecule has 0 aliphatic heterocycles. The molecule has 39 heavy (non-hydrogen) atoms. The first kappa shape index (κ1) is 26.0. The average Bonchev–Trinajstić information content (AvgIpc) is 3.44. The Morgan fingerprint density at radius 1 is 1.03 bits per heavy atom. The number of benzene rings is 3. The third-order valence-electron chi connectivity index (χ3n) is 6.68. The van der Waals surface area contributed by atoms with Gasteiger partial charge in [-0.3, -0.25) is 9.36 Å². The highest BCUT2D eigenvalue weighted by Gasteiger charge is 2.19. The number of aliphatic hydroxyl groups excluding tert-OH is 1. The number of fused-ring (bicyclic) bond motifs is 1. The van der Waals surface area contributed by atoms with Gasteiger partial charge in [-0.2, -0.15) is 10.4 Å². The van der Waals surface area contributed by atoms with Crippen LogP contribution in [0.1, 0.15) is 42.7 Å². The van der Waals surface area contributed by atoms with Crippen molar-refractivity contribution in [3.63, 3.8) is 0 Å². The highest BCUT2D eigenvalue weighted by atomic mass is 16.5. The Morgan fingerprint density at radius 2 is 1.77 bits per heavy atom. The molecule has 5 rings (SSSR count). The predicted molar refractivity (Wildman–Crippen MR) is 151 cm³/mol. The number of nitriles is 1. The number of hydrogen-bond acceptors (Lipinski definition) is 5. The van der Waals surface area contributed by atoms with Crippen molar-refractivity contribution in [1.29, 1.82) is 5.26 Å². The quantitative estimate of drug-likeness (QED) is 0.285. The Bertz CT molecular complexity index is 1690. The zero-order valence-corrected chi connectivity index (χ0v) is 22.0. The van der Waals surface area contributed by atoms with Crippen molar-refractivity contribution >= 4 is 5.65 Å². The van der Waals surface area contributed by atoms with Crippen molar-refractivity contribution in [1.82, 2.24) is 14.2 Å². The van der Waals surface area contributed by atoms with Crippen molar-refractivity contribution in [2.24, 2.45) is 0 Å². The van der Waals surface area contributed by atoms with Crippen LogP contribution in [0.3, 0.4) is 0 Å². The van der Waals surface area contributed by atoms with Crippen molar-refractivity contribution in [3.05, 3.63) is 118 Å². The van der Waals surface area contributed by atoms with Gasteiger partial charge < -0.3 is 9.84 Å². The smallest absolute Gasteiger partial charge is 0.262 e. The van der Waals surface area contributed by atoms with E-state index in [9.17, 15) is 15.2 Å². The predicted octanol–water partition coefficient (Wildman–Crippen LogP) is 5.33. The van der Waals surface area contributed by atoms with Crippen molar-refractivity contribution in [3.8, 4) is 28.6 Å². The van der Waals surface area contributed by atoms with E-state index in [2.05, 4.69) is 18.1 Å². The van der Waals surface area contributed by atoms with Gasteiger partial charge in [0, 0.05) is 18.1 Å². The summed E-state index contributed by atoms with van der Waals surface area (Å²) in [6.45, 7) is 3.96. The average molecular weight is 519 g/mol. The van der Waals surface area contributed by atoms with Crippen molar-refractivity contribution in [2.75, 3.05) is 6.61 Å². The second-order valence-electron chi connectivity index (χ2n) is 9.60. The lowest BCUT2D eigenvalue weighted by molar-refractivity contribution is 0.123. The zero-order valence-electron chi connectivity index (χ0n) is 22.0. The van der Waals surface area contributed by atoms with Gasteiger partial charge in [0.1, 0.15) is 18.0 Å². The lowest BCUT2D eigenvalue weighted by Gasteiger charge is -2.17. The fourth-order valence-electron chi connectivity index (χ4n) is 4.83. The van der Waals surface area contributed by atoms with Gasteiger partial charge in [-0.25, -0.2) is 4.52 Å². The molecule has 0 bridgehead atoms. The summed E-state index contributed by atoms with van der Waals surface area (Å²) >= 11 is 0. The standard InChI is InChI=1S/C32H30N4O3/c1-3-6-30-29(19-23-9-11-24(12-10-23)28-8-5-4-7-25(28)20-33)32(38)35(31-17-18-34-36(30)31)26-13-15-27(16-14-26)39-21-22(2)37/h4-5,7-18,22,37H,3,6,19,21H2,1-2H3. The van der Waals surface area contributed by atoms with Gasteiger partial charge in [-0.15, -0.1) is 0 Å². The van der Waals surface area contributed by atoms with E-state index in [0.717, 1.165) is 35.2 Å². The summed E-state index contributed by atoms with van der Waals surface area (Å²) in [7, 11) is 0. The number of aromatic nitrogens is 3. The molecule has 3 aromatic carbocycles. The Kier molecular flexibility index (Phi) is 7.57. The Balaban J connectivity index is 1.55. The number of aryl methyl sites for hydroxylation is 1. The summed E-state index contributed by atoms with van der Waals surface area (Å²) < 4.78 is 9.16. The highest BCUT2D eigenvalue weighted by molar-refractivity contribution is 5.70. The maximum Gasteiger partial charge on any atom is 0.262 e. The summed E-state index contributed by atoms with van der Waals surface area (Å²) in [5.41, 5.74) is 6.43. The maximum atomic E-state index is 14.1. The molecule has 0 radical (unpaired) electrons. The fourth-order valence-corrected chi connectivity index (χ4v) is 4.83. The molecule has 0 aliphatic rings. The van der Waals surface area contributed by atoms with Crippen LogP contribution in [-0.4, -0.2) is 32.0 Å². The van der Waals surface area contributed by atoms with Crippen LogP contribution >= 0.6 is 0 Å². The molecular weight excluding hydrogens is 488 g/mol. The first-order chi connectivity index (χ1) is 19.0. The van der Waals surface area contributed by atoms with Crippen LogP contribution in [0.15, 0.2) is 89.9 Å². The minimum Gasteiger partial charge on any atom is -0.491 e. The summed E-state index contributed by atoms with van der Waals surface area (Å²) in [5, 5.41) is 23.6. The molecule has 0 amide bonds. The van der Waals surface area contributed by atoms with E-state index in [1.807, 2.05) is 71.2 Å². The molecular formula is C32H30N4O3. The normalized spacial score (nSPS) is 11.8. The number of rotatable bonds is 9. The third-order valence-corrected chi connectivity index (χ3v) is 6.68. The van der Waals surface area contributed by atoms with E-state index in [1.54, 1.807) is 29.8 Å². The number of hydrogen-bond donors (Lipinski definition) is 1. The molecule has 0 spiro atoms. The van der Waals surface area contributed by atoms with E-state index in [1.165, 1.54) is 0 Å². The Hall–Kier alpha value is -4.67. The van der Waals surface area contributed by atoms with Gasteiger partial charge in [-0.05, 0) is 60.4 Å². The largest absolute Gasteiger partial charge is 0.491 e. The summed E-state index contributed by atoms with van der Waals surface area (Å²) in [4.78, 5) is 14.1. The second kappa shape index (κ2) is 11.4. The number of aliphatic hydroxyl groups is 1. The molecule has 7 nitrogen and oxygen atoms in total. The van der Waals surface area contributed by atoms with Gasteiger partial charge >= 0.3 is 0 Å². The monoisotopic (exact) mass is 518 g/mol. The van der Waals surface area contributed by atoms with Crippen LogP contribution in [0, 0.1) is 11.3 Å². The van der Waals surface area contributed by atoms with Crippen LogP contribution in [0.2, 0.25) is 0 Å². The maximum absolute atomic E-state index is 14.1. The van der Waals surface area contributed by atoms with Crippen LogP contribution in [0.4, 0.5) is 0 Å². The lowest BCUT2D eigenvalue weighted by Crippen LogP contribution is -2.28. The van der Waals surface area contributed by atoms with E-state index >= 15 is 0 Å². The number of nitrogens with zero attached hydrogens (tertiary/aromatic N) is 4. The van der Waals surface area contributed by atoms with Gasteiger partial charge in [0.15, 0.2) is 0 Å². The van der Waals surface area contributed by atoms with Crippen LogP contribution in [-0.2, 0) is 12.8 Å². The molecule has 7 heteroatoms. The number of ether oxygens (including phenoxy) is 1. The van der Waals surface area contributed by atoms with E-state index in [0.29, 0.717) is 34.6 Å². The molecule has 1 N–H and O–H groups in total. The summed E-state index contributed by atoms with van der Waals surface area (Å²) in [6, 6.07) is 27.0. The van der Waals surface area contributed by atoms with Gasteiger partial charge in [-0.1, -0.05) is 55.8 Å². The lowest BCUT2D eigenvalue weighted by atomic mass is 9.97. The molecule has 2 aromatic heterocycles. The summed E-state index contributed by atoms with van der Waals surface area (Å²) in [6.07, 6.45) is 3.21. The molecule has 2 heterocycles. The Morgan fingerprint density at radius 3 is 2.46 bits per heavy atom. The summed E-state index contributed by atoms with van der Waals surface area (Å²) in [5.74, 6) is 0.623. The molecule has 0 saturated heterocycles. The van der Waals surface area contributed by atoms with Crippen molar-refractivity contribution in [2.45, 2.75) is 39.2 Å². The van der Waals surface area contributed by atoms with Crippen LogP contribution < -0.4 is 10.3 Å². The molecule has 0 aliphatic carbocycles. The van der Waals surface area contributed by atoms with E-state index in [4.69, 9.17) is 4.74 Å². The fraction of sp³-hybridized carbons (Fsp3) is 0.219. The first-order valence-corrected chi connectivity index (χ1v) is 13.1. The minimum atomic E-state index is -0.567. The van der Waals surface area contributed by atoms with Crippen molar-refractivity contribution < 1.29 is 9.84 Å². The Labute approximate surface area is 227 Å². The van der Waals surface area contributed by atoms with Crippen LogP contribution in [0.25, 0.3) is 22.5 Å². The molecule has 0 fully saturated rings. The van der Waals surface area contributed by atoms with Crippen LogP contribution in [0.5, 0.6) is 5.75 Å². The van der Waals surface area contributed by atoms with E-state index in [-0.39, 0.29) is 12.2 Å². The van der Waals surface area contributed by atoms with Gasteiger partial charge in [0.2, 0.25) is 0 Å². The van der Waals surface area contributed by atoms with Gasteiger partial charge in [0.05, 0.1) is 35.3 Å². The molecule has 1 atom stereocenters. The van der Waals surface area contributed by atoms with E-state index < -0.39 is 6.10 Å². The molecule has 196 valence electrons. The third kappa shape index (κ3) is 5.33. The molecule has 0 saturated carbocycles. The highest BCUT2D eigenvalue weighted by Crippen LogP contribution is 2.25. The molecule has 1 unspecified atom stereocenters. The topological polar surface area (TPSA) is 92.5 Å². The van der Waals surface area contributed by atoms with Gasteiger partial charge in [0.25, 0.3) is 5.56 Å². The first-order valence-electron chi connectivity index (χ1n) is 13.1. The molecule has 5 aromatic rings. The zero-order chi connectivity index (χ0) is 27.4.